The number of aryl methyl sites for hydroxylation is 1. The lowest BCUT2D eigenvalue weighted by molar-refractivity contribution is -0.127. The number of carbonyl (C=O) groups excluding carboxylic acids is 1. The van der Waals surface area contributed by atoms with E-state index in [9.17, 15) is 4.79 Å². The minimum atomic E-state index is -0.504. The highest BCUT2D eigenvalue weighted by atomic mass is 35.5. The highest BCUT2D eigenvalue weighted by Crippen LogP contribution is 2.27. The Hall–Kier alpha value is -0.870. The SMILES string of the molecule is Cc1cc(O[C@@H](C)C(=O)NCCSC2CCCCC2)ccc1Cl. The third-order valence-electron chi connectivity index (χ3n) is 4.12. The van der Waals surface area contributed by atoms with Gasteiger partial charge in [-0.05, 0) is 50.5 Å². The minimum Gasteiger partial charge on any atom is -0.481 e. The molecule has 1 aromatic rings. The number of rotatable bonds is 7. The van der Waals surface area contributed by atoms with Crippen LogP contribution < -0.4 is 10.1 Å². The normalized spacial score (nSPS) is 16.8. The van der Waals surface area contributed by atoms with Crippen molar-refractivity contribution in [2.24, 2.45) is 0 Å². The summed E-state index contributed by atoms with van der Waals surface area (Å²) < 4.78 is 5.68. The zero-order valence-corrected chi connectivity index (χ0v) is 15.5. The fraction of sp³-hybridized carbons (Fsp3) is 0.611. The van der Waals surface area contributed by atoms with E-state index < -0.39 is 6.10 Å². The van der Waals surface area contributed by atoms with Crippen LogP contribution in [-0.4, -0.2) is 29.6 Å². The summed E-state index contributed by atoms with van der Waals surface area (Å²) in [6.07, 6.45) is 6.25. The molecule has 1 atom stereocenters. The lowest BCUT2D eigenvalue weighted by atomic mass is 10.0. The Labute approximate surface area is 148 Å². The number of nitrogens with one attached hydrogen (secondary N) is 1. The second kappa shape index (κ2) is 9.43. The highest BCUT2D eigenvalue weighted by Gasteiger charge is 2.16. The van der Waals surface area contributed by atoms with Crippen LogP contribution in [0.4, 0.5) is 0 Å². The number of amides is 1. The first-order valence-corrected chi connectivity index (χ1v) is 9.81. The molecule has 0 unspecified atom stereocenters. The smallest absolute Gasteiger partial charge is 0.260 e. The largest absolute Gasteiger partial charge is 0.481 e. The van der Waals surface area contributed by atoms with E-state index in [0.717, 1.165) is 16.6 Å². The van der Waals surface area contributed by atoms with Gasteiger partial charge in [0.25, 0.3) is 5.91 Å². The maximum Gasteiger partial charge on any atom is 0.260 e. The van der Waals surface area contributed by atoms with E-state index in [1.54, 1.807) is 19.1 Å². The molecule has 1 aromatic carbocycles. The molecule has 1 aliphatic carbocycles. The Bertz CT molecular complexity index is 518. The summed E-state index contributed by atoms with van der Waals surface area (Å²) in [6.45, 7) is 4.39. The van der Waals surface area contributed by atoms with Crippen LogP contribution in [0, 0.1) is 6.92 Å². The van der Waals surface area contributed by atoms with E-state index in [1.165, 1.54) is 32.1 Å². The number of ether oxygens (including phenoxy) is 1. The molecule has 128 valence electrons. The molecule has 23 heavy (non-hydrogen) atoms. The molecule has 1 amide bonds. The standard InChI is InChI=1S/C18H26ClNO2S/c1-13-12-15(8-9-17(13)19)22-14(2)18(21)20-10-11-23-16-6-4-3-5-7-16/h8-9,12,14,16H,3-7,10-11H2,1-2H3,(H,20,21)/t14-/m0/s1. The summed E-state index contributed by atoms with van der Waals surface area (Å²) in [7, 11) is 0. The molecule has 1 fully saturated rings. The predicted octanol–water partition coefficient (Wildman–Crippen LogP) is 4.60. The van der Waals surface area contributed by atoms with Crippen LogP contribution in [0.15, 0.2) is 18.2 Å². The number of carbonyl (C=O) groups is 1. The van der Waals surface area contributed by atoms with Crippen molar-refractivity contribution in [3.05, 3.63) is 28.8 Å². The number of hydrogen-bond acceptors (Lipinski definition) is 3. The number of halogens is 1. The molecule has 0 spiro atoms. The van der Waals surface area contributed by atoms with Crippen LogP contribution >= 0.6 is 23.4 Å². The first kappa shape index (κ1) is 18.5. The fourth-order valence-corrected chi connectivity index (χ4v) is 4.06. The molecular formula is C18H26ClNO2S. The highest BCUT2D eigenvalue weighted by molar-refractivity contribution is 7.99. The summed E-state index contributed by atoms with van der Waals surface area (Å²) in [4.78, 5) is 12.1. The maximum absolute atomic E-state index is 12.1. The lowest BCUT2D eigenvalue weighted by Crippen LogP contribution is -2.37. The van der Waals surface area contributed by atoms with Gasteiger partial charge in [-0.15, -0.1) is 0 Å². The fourth-order valence-electron chi connectivity index (χ4n) is 2.72. The van der Waals surface area contributed by atoms with Gasteiger partial charge in [-0.25, -0.2) is 0 Å². The Morgan fingerprint density at radius 2 is 2.13 bits per heavy atom. The zero-order valence-electron chi connectivity index (χ0n) is 13.9. The third kappa shape index (κ3) is 6.27. The van der Waals surface area contributed by atoms with Gasteiger partial charge in [0.2, 0.25) is 0 Å². The molecule has 1 saturated carbocycles. The van der Waals surface area contributed by atoms with Gasteiger partial charge in [-0.1, -0.05) is 30.9 Å². The molecule has 1 aliphatic rings. The second-order valence-electron chi connectivity index (χ2n) is 6.09. The van der Waals surface area contributed by atoms with Crippen LogP contribution in [0.25, 0.3) is 0 Å². The molecule has 0 bridgehead atoms. The predicted molar refractivity (Wildman–Crippen MR) is 98.6 cm³/mol. The average molecular weight is 356 g/mol. The summed E-state index contributed by atoms with van der Waals surface area (Å²) in [6, 6.07) is 5.43. The quantitative estimate of drug-likeness (QED) is 0.726. The summed E-state index contributed by atoms with van der Waals surface area (Å²) in [5.41, 5.74) is 0.945. The minimum absolute atomic E-state index is 0.0677. The molecule has 3 nitrogen and oxygen atoms in total. The van der Waals surface area contributed by atoms with Crippen LogP contribution in [0.3, 0.4) is 0 Å². The van der Waals surface area contributed by atoms with E-state index >= 15 is 0 Å². The molecule has 0 saturated heterocycles. The van der Waals surface area contributed by atoms with E-state index in [-0.39, 0.29) is 5.91 Å². The van der Waals surface area contributed by atoms with Crippen LogP contribution in [0.2, 0.25) is 5.02 Å². The van der Waals surface area contributed by atoms with Crippen LogP contribution in [-0.2, 0) is 4.79 Å². The number of hydrogen-bond donors (Lipinski definition) is 1. The Kier molecular flexibility index (Phi) is 7.57. The molecule has 0 heterocycles. The maximum atomic E-state index is 12.1. The first-order valence-electron chi connectivity index (χ1n) is 8.38. The van der Waals surface area contributed by atoms with Crippen molar-refractivity contribution < 1.29 is 9.53 Å². The Morgan fingerprint density at radius 1 is 1.39 bits per heavy atom. The number of thioether (sulfide) groups is 1. The van der Waals surface area contributed by atoms with Gasteiger partial charge < -0.3 is 10.1 Å². The van der Waals surface area contributed by atoms with E-state index in [2.05, 4.69) is 5.32 Å². The number of benzene rings is 1. The van der Waals surface area contributed by atoms with Gasteiger partial charge in [0.05, 0.1) is 0 Å². The average Bonchev–Trinajstić information content (AvgIpc) is 2.55. The second-order valence-corrected chi connectivity index (χ2v) is 7.91. The lowest BCUT2D eigenvalue weighted by Gasteiger charge is -2.21. The van der Waals surface area contributed by atoms with Crippen molar-refractivity contribution in [2.45, 2.75) is 57.3 Å². The van der Waals surface area contributed by atoms with E-state index in [0.29, 0.717) is 17.3 Å². The first-order chi connectivity index (χ1) is 11.1. The van der Waals surface area contributed by atoms with Crippen molar-refractivity contribution >= 4 is 29.3 Å². The van der Waals surface area contributed by atoms with Gasteiger partial charge in [0.15, 0.2) is 6.10 Å². The molecule has 2 rings (SSSR count). The third-order valence-corrected chi connectivity index (χ3v) is 5.93. The summed E-state index contributed by atoms with van der Waals surface area (Å²) in [5, 5.41) is 4.44. The molecular weight excluding hydrogens is 330 g/mol. The van der Waals surface area contributed by atoms with Gasteiger partial charge in [-0.3, -0.25) is 4.79 Å². The van der Waals surface area contributed by atoms with Crippen molar-refractivity contribution in [2.75, 3.05) is 12.3 Å². The van der Waals surface area contributed by atoms with E-state index in [1.807, 2.05) is 24.8 Å². The van der Waals surface area contributed by atoms with Crippen molar-refractivity contribution in [3.8, 4) is 5.75 Å². The van der Waals surface area contributed by atoms with Gasteiger partial charge in [-0.2, -0.15) is 11.8 Å². The molecule has 1 N–H and O–H groups in total. The van der Waals surface area contributed by atoms with Gasteiger partial charge in [0.1, 0.15) is 5.75 Å². The molecule has 0 radical (unpaired) electrons. The zero-order chi connectivity index (χ0) is 16.7. The van der Waals surface area contributed by atoms with Crippen LogP contribution in [0.1, 0.15) is 44.6 Å². The Morgan fingerprint density at radius 3 is 2.83 bits per heavy atom. The van der Waals surface area contributed by atoms with Crippen LogP contribution in [0.5, 0.6) is 5.75 Å². The monoisotopic (exact) mass is 355 g/mol. The van der Waals surface area contributed by atoms with Crippen molar-refractivity contribution in [3.63, 3.8) is 0 Å². The van der Waals surface area contributed by atoms with Crippen molar-refractivity contribution in [1.82, 2.24) is 5.32 Å². The topological polar surface area (TPSA) is 38.3 Å². The summed E-state index contributed by atoms with van der Waals surface area (Å²) in [5.74, 6) is 1.58. The van der Waals surface area contributed by atoms with E-state index in [4.69, 9.17) is 16.3 Å². The van der Waals surface area contributed by atoms with Crippen molar-refractivity contribution in [1.29, 1.82) is 0 Å². The molecule has 0 aromatic heterocycles. The van der Waals surface area contributed by atoms with Gasteiger partial charge in [0, 0.05) is 22.6 Å². The summed E-state index contributed by atoms with van der Waals surface area (Å²) >= 11 is 7.98. The molecule has 5 heteroatoms. The van der Waals surface area contributed by atoms with Gasteiger partial charge >= 0.3 is 0 Å². The Balaban J connectivity index is 1.66. The molecule has 0 aliphatic heterocycles.